The highest BCUT2D eigenvalue weighted by atomic mass is 16.1. The third kappa shape index (κ3) is 4.41. The fourth-order valence-corrected chi connectivity index (χ4v) is 1.76. The minimum atomic E-state index is 0.474. The first-order valence-electron chi connectivity index (χ1n) is 5.54. The standard InChI is InChI=1S/C11H21NO/c12-8-3-1-2-7-11(13)9-10-5-4-6-10/h10H,1-9,12H2. The van der Waals surface area contributed by atoms with E-state index in [2.05, 4.69) is 0 Å². The zero-order chi connectivity index (χ0) is 9.52. The first-order chi connectivity index (χ1) is 6.33. The van der Waals surface area contributed by atoms with Crippen LogP contribution in [0, 0.1) is 5.92 Å². The molecule has 0 heterocycles. The average molecular weight is 183 g/mol. The lowest BCUT2D eigenvalue weighted by atomic mass is 9.81. The van der Waals surface area contributed by atoms with Crippen LogP contribution in [0.5, 0.6) is 0 Å². The van der Waals surface area contributed by atoms with Crippen LogP contribution >= 0.6 is 0 Å². The van der Waals surface area contributed by atoms with E-state index in [0.717, 1.165) is 44.6 Å². The molecule has 1 saturated carbocycles. The molecule has 76 valence electrons. The number of nitrogens with two attached hydrogens (primary N) is 1. The largest absolute Gasteiger partial charge is 0.330 e. The van der Waals surface area contributed by atoms with E-state index in [1.54, 1.807) is 0 Å². The van der Waals surface area contributed by atoms with Gasteiger partial charge >= 0.3 is 0 Å². The van der Waals surface area contributed by atoms with Crippen LogP contribution in [0.1, 0.15) is 51.4 Å². The van der Waals surface area contributed by atoms with Crippen molar-refractivity contribution in [3.8, 4) is 0 Å². The molecule has 1 aliphatic rings. The van der Waals surface area contributed by atoms with Crippen molar-refractivity contribution in [2.24, 2.45) is 11.7 Å². The molecule has 0 aromatic rings. The zero-order valence-electron chi connectivity index (χ0n) is 8.43. The predicted octanol–water partition coefficient (Wildman–Crippen LogP) is 2.26. The highest BCUT2D eigenvalue weighted by molar-refractivity contribution is 5.78. The zero-order valence-corrected chi connectivity index (χ0v) is 8.43. The molecule has 1 aliphatic carbocycles. The van der Waals surface area contributed by atoms with Crippen LogP contribution in [0.3, 0.4) is 0 Å². The number of ketones is 1. The van der Waals surface area contributed by atoms with Crippen LogP contribution in [0.25, 0.3) is 0 Å². The summed E-state index contributed by atoms with van der Waals surface area (Å²) in [5.41, 5.74) is 5.37. The summed E-state index contributed by atoms with van der Waals surface area (Å²) in [6, 6.07) is 0. The Balaban J connectivity index is 1.91. The van der Waals surface area contributed by atoms with Crippen molar-refractivity contribution < 1.29 is 4.79 Å². The van der Waals surface area contributed by atoms with Gasteiger partial charge in [-0.15, -0.1) is 0 Å². The maximum atomic E-state index is 11.4. The molecule has 0 radical (unpaired) electrons. The molecule has 0 amide bonds. The molecule has 2 heteroatoms. The van der Waals surface area contributed by atoms with Crippen LogP contribution in [0.4, 0.5) is 0 Å². The van der Waals surface area contributed by atoms with Crippen molar-refractivity contribution >= 4 is 5.78 Å². The van der Waals surface area contributed by atoms with Gasteiger partial charge in [0.05, 0.1) is 0 Å². The second-order valence-electron chi connectivity index (χ2n) is 4.14. The maximum Gasteiger partial charge on any atom is 0.133 e. The fourth-order valence-electron chi connectivity index (χ4n) is 1.76. The summed E-state index contributed by atoms with van der Waals surface area (Å²) in [5.74, 6) is 1.21. The molecule has 1 fully saturated rings. The van der Waals surface area contributed by atoms with E-state index in [1.165, 1.54) is 19.3 Å². The second kappa shape index (κ2) is 6.14. The molecule has 0 aliphatic heterocycles. The van der Waals surface area contributed by atoms with Gasteiger partial charge in [0, 0.05) is 12.8 Å². The lowest BCUT2D eigenvalue weighted by Crippen LogP contribution is -2.15. The van der Waals surface area contributed by atoms with E-state index in [0.29, 0.717) is 5.78 Å². The lowest BCUT2D eigenvalue weighted by molar-refractivity contribution is -0.120. The number of rotatable bonds is 7. The normalized spacial score (nSPS) is 17.0. The Morgan fingerprint density at radius 1 is 1.23 bits per heavy atom. The van der Waals surface area contributed by atoms with Gasteiger partial charge in [0.25, 0.3) is 0 Å². The van der Waals surface area contributed by atoms with Gasteiger partial charge in [-0.1, -0.05) is 25.7 Å². The van der Waals surface area contributed by atoms with Gasteiger partial charge in [-0.3, -0.25) is 4.79 Å². The topological polar surface area (TPSA) is 43.1 Å². The maximum absolute atomic E-state index is 11.4. The highest BCUT2D eigenvalue weighted by Crippen LogP contribution is 2.29. The number of hydrogen-bond acceptors (Lipinski definition) is 2. The Bertz CT molecular complexity index is 152. The smallest absolute Gasteiger partial charge is 0.133 e. The van der Waals surface area contributed by atoms with E-state index in [1.807, 2.05) is 0 Å². The van der Waals surface area contributed by atoms with E-state index in [4.69, 9.17) is 5.73 Å². The summed E-state index contributed by atoms with van der Waals surface area (Å²) in [7, 11) is 0. The number of hydrogen-bond donors (Lipinski definition) is 1. The number of unbranched alkanes of at least 4 members (excludes halogenated alkanes) is 2. The molecule has 0 aromatic heterocycles. The lowest BCUT2D eigenvalue weighted by Gasteiger charge is -2.24. The molecule has 13 heavy (non-hydrogen) atoms. The molecule has 2 nitrogen and oxygen atoms in total. The monoisotopic (exact) mass is 183 g/mol. The molecule has 0 saturated heterocycles. The molecule has 0 spiro atoms. The summed E-state index contributed by atoms with van der Waals surface area (Å²) in [4.78, 5) is 11.4. The van der Waals surface area contributed by atoms with Gasteiger partial charge in [-0.2, -0.15) is 0 Å². The summed E-state index contributed by atoms with van der Waals surface area (Å²) < 4.78 is 0. The van der Waals surface area contributed by atoms with Gasteiger partial charge in [0.2, 0.25) is 0 Å². The Morgan fingerprint density at radius 3 is 2.54 bits per heavy atom. The third-order valence-electron chi connectivity index (χ3n) is 2.90. The minimum absolute atomic E-state index is 0.474. The first kappa shape index (κ1) is 10.7. The van der Waals surface area contributed by atoms with Gasteiger partial charge in [-0.05, 0) is 25.3 Å². The van der Waals surface area contributed by atoms with E-state index >= 15 is 0 Å². The van der Waals surface area contributed by atoms with Crippen molar-refractivity contribution in [2.75, 3.05) is 6.54 Å². The predicted molar refractivity (Wildman–Crippen MR) is 54.5 cm³/mol. The Labute approximate surface area is 80.9 Å². The molecule has 2 N–H and O–H groups in total. The van der Waals surface area contributed by atoms with Crippen LogP contribution in [0.15, 0.2) is 0 Å². The van der Waals surface area contributed by atoms with Crippen LogP contribution in [0.2, 0.25) is 0 Å². The first-order valence-corrected chi connectivity index (χ1v) is 5.54. The fraction of sp³-hybridized carbons (Fsp3) is 0.909. The van der Waals surface area contributed by atoms with Crippen molar-refractivity contribution in [1.82, 2.24) is 0 Å². The van der Waals surface area contributed by atoms with Crippen molar-refractivity contribution in [3.63, 3.8) is 0 Å². The van der Waals surface area contributed by atoms with Crippen LogP contribution < -0.4 is 5.73 Å². The van der Waals surface area contributed by atoms with Gasteiger partial charge < -0.3 is 5.73 Å². The number of carbonyl (C=O) groups is 1. The van der Waals surface area contributed by atoms with Crippen molar-refractivity contribution in [3.05, 3.63) is 0 Å². The molecule has 0 atom stereocenters. The van der Waals surface area contributed by atoms with Crippen LogP contribution in [-0.2, 0) is 4.79 Å². The van der Waals surface area contributed by atoms with Gasteiger partial charge in [0.1, 0.15) is 5.78 Å². The van der Waals surface area contributed by atoms with Crippen LogP contribution in [-0.4, -0.2) is 12.3 Å². The molecule has 1 rings (SSSR count). The number of Topliss-reactive ketones (excluding diaryl/α,β-unsaturated/α-hetero) is 1. The van der Waals surface area contributed by atoms with E-state index in [-0.39, 0.29) is 0 Å². The summed E-state index contributed by atoms with van der Waals surface area (Å²) in [5, 5.41) is 0. The SMILES string of the molecule is NCCCCCC(=O)CC1CCC1. The van der Waals surface area contributed by atoms with Crippen molar-refractivity contribution in [2.45, 2.75) is 51.4 Å². The Kier molecular flexibility index (Phi) is 5.06. The summed E-state index contributed by atoms with van der Waals surface area (Å²) >= 11 is 0. The Hall–Kier alpha value is -0.370. The molecule has 0 bridgehead atoms. The molecule has 0 unspecified atom stereocenters. The second-order valence-corrected chi connectivity index (χ2v) is 4.14. The van der Waals surface area contributed by atoms with E-state index < -0.39 is 0 Å². The third-order valence-corrected chi connectivity index (χ3v) is 2.90. The van der Waals surface area contributed by atoms with Gasteiger partial charge in [0.15, 0.2) is 0 Å². The van der Waals surface area contributed by atoms with Gasteiger partial charge in [-0.25, -0.2) is 0 Å². The average Bonchev–Trinajstić information content (AvgIpc) is 2.06. The summed E-state index contributed by atoms with van der Waals surface area (Å²) in [6.45, 7) is 0.761. The van der Waals surface area contributed by atoms with Crippen molar-refractivity contribution in [1.29, 1.82) is 0 Å². The highest BCUT2D eigenvalue weighted by Gasteiger charge is 2.19. The number of carbonyl (C=O) groups excluding carboxylic acids is 1. The van der Waals surface area contributed by atoms with E-state index in [9.17, 15) is 4.79 Å². The molecule has 0 aromatic carbocycles. The minimum Gasteiger partial charge on any atom is -0.330 e. The molecular formula is C11H21NO. The quantitative estimate of drug-likeness (QED) is 0.615. The summed E-state index contributed by atoms with van der Waals surface area (Å²) in [6.07, 6.45) is 8.78. The Morgan fingerprint density at radius 2 is 2.00 bits per heavy atom. The molecular weight excluding hydrogens is 162 g/mol.